The summed E-state index contributed by atoms with van der Waals surface area (Å²) in [5, 5.41) is 0. The highest BCUT2D eigenvalue weighted by molar-refractivity contribution is 5.87. The third-order valence-electron chi connectivity index (χ3n) is 3.59. The number of ether oxygens (including phenoxy) is 1. The van der Waals surface area contributed by atoms with Crippen molar-refractivity contribution in [3.63, 3.8) is 0 Å². The van der Waals surface area contributed by atoms with Gasteiger partial charge in [-0.1, -0.05) is 38.2 Å². The smallest absolute Gasteiger partial charge is 0.245 e. The van der Waals surface area contributed by atoms with Gasteiger partial charge in [0.15, 0.2) is 0 Å². The first-order valence-corrected chi connectivity index (χ1v) is 8.84. The van der Waals surface area contributed by atoms with E-state index in [0.717, 1.165) is 30.1 Å². The highest BCUT2D eigenvalue weighted by Gasteiger charge is 2.15. The van der Waals surface area contributed by atoms with Crippen LogP contribution in [0.5, 0.6) is 0 Å². The molecule has 0 aliphatic heterocycles. The predicted octanol–water partition coefficient (Wildman–Crippen LogP) is 2.41. The van der Waals surface area contributed by atoms with Gasteiger partial charge in [0.25, 0.3) is 0 Å². The first-order valence-electron chi connectivity index (χ1n) is 8.84. The number of hydrogen-bond donors (Lipinski definition) is 2. The molecule has 7 heteroatoms. The zero-order valence-corrected chi connectivity index (χ0v) is 16.5. The van der Waals surface area contributed by atoms with Crippen LogP contribution in [0.4, 0.5) is 0 Å². The Balaban J connectivity index is 0.00000194. The number of primary amides is 1. The Morgan fingerprint density at radius 2 is 2.00 bits per heavy atom. The minimum Gasteiger partial charge on any atom is -0.378 e. The lowest BCUT2D eigenvalue weighted by Gasteiger charge is -2.13. The second-order valence-electron chi connectivity index (χ2n) is 5.66. The molecule has 0 aliphatic rings. The van der Waals surface area contributed by atoms with Crippen molar-refractivity contribution in [3.8, 4) is 0 Å². The second kappa shape index (κ2) is 13.8. The molecular weight excluding hydrogens is 332 g/mol. The topological polar surface area (TPSA) is 99.2 Å². The van der Waals surface area contributed by atoms with Gasteiger partial charge in [-0.3, -0.25) is 15.0 Å². The molecule has 146 valence electrons. The molecule has 1 rings (SSSR count). The molecule has 0 spiro atoms. The summed E-state index contributed by atoms with van der Waals surface area (Å²) in [5.41, 5.74) is 9.06. The van der Waals surface area contributed by atoms with Crippen molar-refractivity contribution in [1.82, 2.24) is 9.66 Å². The van der Waals surface area contributed by atoms with E-state index in [1.807, 2.05) is 56.7 Å². The summed E-state index contributed by atoms with van der Waals surface area (Å²) in [6.45, 7) is 11.2. The van der Waals surface area contributed by atoms with Crippen LogP contribution < -0.4 is 11.2 Å². The highest BCUT2D eigenvalue weighted by Crippen LogP contribution is 2.11. The van der Waals surface area contributed by atoms with Gasteiger partial charge in [0.1, 0.15) is 5.82 Å². The van der Waals surface area contributed by atoms with Crippen LogP contribution in [0.3, 0.4) is 0 Å². The molecule has 0 fully saturated rings. The maximum atomic E-state index is 12.3. The average molecular weight is 364 g/mol. The van der Waals surface area contributed by atoms with Crippen molar-refractivity contribution in [2.45, 2.75) is 47.5 Å². The van der Waals surface area contributed by atoms with E-state index in [1.54, 1.807) is 0 Å². The largest absolute Gasteiger partial charge is 0.378 e. The zero-order valence-electron chi connectivity index (χ0n) is 16.5. The van der Waals surface area contributed by atoms with Crippen LogP contribution in [0.25, 0.3) is 0 Å². The van der Waals surface area contributed by atoms with E-state index in [2.05, 4.69) is 23.1 Å². The molecule has 0 bridgehead atoms. The van der Waals surface area contributed by atoms with E-state index >= 15 is 0 Å². The van der Waals surface area contributed by atoms with E-state index < -0.39 is 0 Å². The van der Waals surface area contributed by atoms with Crippen LogP contribution in [-0.2, 0) is 20.7 Å². The van der Waals surface area contributed by atoms with Gasteiger partial charge in [0.05, 0.1) is 23.9 Å². The number of carbonyl (C=O) groups excluding carboxylic acids is 2. The molecule has 0 saturated carbocycles. The number of allylic oxidation sites excluding steroid dienone is 2. The van der Waals surface area contributed by atoms with Gasteiger partial charge in [-0.15, -0.1) is 0 Å². The molecule has 1 aromatic heterocycles. The molecular formula is C19H32N4O3. The summed E-state index contributed by atoms with van der Waals surface area (Å²) in [5.74, 6) is 0.643. The number of hydrogen-bond acceptors (Lipinski definition) is 4. The van der Waals surface area contributed by atoms with E-state index in [0.29, 0.717) is 13.2 Å². The summed E-state index contributed by atoms with van der Waals surface area (Å²) >= 11 is 0. The Morgan fingerprint density at radius 3 is 2.58 bits per heavy atom. The van der Waals surface area contributed by atoms with Crippen LogP contribution in [0.2, 0.25) is 0 Å². The molecule has 1 atom stereocenters. The summed E-state index contributed by atoms with van der Waals surface area (Å²) < 4.78 is 7.02. The second-order valence-corrected chi connectivity index (χ2v) is 5.66. The van der Waals surface area contributed by atoms with E-state index in [4.69, 9.17) is 9.53 Å². The number of aromatic nitrogens is 2. The molecule has 2 amide bonds. The van der Waals surface area contributed by atoms with Gasteiger partial charge in [-0.05, 0) is 27.2 Å². The van der Waals surface area contributed by atoms with Crippen molar-refractivity contribution in [1.29, 1.82) is 0 Å². The van der Waals surface area contributed by atoms with Crippen LogP contribution in [0.15, 0.2) is 24.3 Å². The van der Waals surface area contributed by atoms with E-state index in [1.165, 1.54) is 0 Å². The maximum absolute atomic E-state index is 12.3. The zero-order chi connectivity index (χ0) is 19.9. The van der Waals surface area contributed by atoms with Gasteiger partial charge in [0, 0.05) is 13.0 Å². The monoisotopic (exact) mass is 364 g/mol. The summed E-state index contributed by atoms with van der Waals surface area (Å²) in [7, 11) is 0. The fourth-order valence-corrected chi connectivity index (χ4v) is 2.07. The third kappa shape index (κ3) is 8.62. The van der Waals surface area contributed by atoms with Gasteiger partial charge in [0.2, 0.25) is 12.3 Å². The standard InChI is InChI=1S/C18H29N3O2.CH3NO/c1-6-11-17-19-15(4)16(5)21(17)20-18(22)14(3)12-9-8-10-13-23-7-2;2-1-3/h8-10,12,14H,6-7,11,13H2,1-5H3,(H,20,22);1H,(H2,2,3)/b10-8-,12-9-;. The number of nitrogens with zero attached hydrogens (tertiary/aromatic N) is 2. The highest BCUT2D eigenvalue weighted by atomic mass is 16.5. The number of nitrogens with one attached hydrogen (secondary N) is 1. The van der Waals surface area contributed by atoms with E-state index in [9.17, 15) is 4.79 Å². The average Bonchev–Trinajstić information content (AvgIpc) is 2.86. The van der Waals surface area contributed by atoms with Crippen molar-refractivity contribution >= 4 is 12.3 Å². The minimum atomic E-state index is -0.219. The molecule has 3 N–H and O–H groups in total. The van der Waals surface area contributed by atoms with Crippen molar-refractivity contribution < 1.29 is 14.3 Å². The van der Waals surface area contributed by atoms with Crippen molar-refractivity contribution in [2.75, 3.05) is 18.6 Å². The first kappa shape index (κ1) is 23.6. The lowest BCUT2D eigenvalue weighted by atomic mass is 10.1. The summed E-state index contributed by atoms with van der Waals surface area (Å²) in [6.07, 6.45) is 9.66. The quantitative estimate of drug-likeness (QED) is 0.399. The maximum Gasteiger partial charge on any atom is 0.245 e. The van der Waals surface area contributed by atoms with Gasteiger partial charge in [-0.2, -0.15) is 0 Å². The summed E-state index contributed by atoms with van der Waals surface area (Å²) in [4.78, 5) is 25.4. The number of rotatable bonds is 9. The van der Waals surface area contributed by atoms with Crippen molar-refractivity contribution in [2.24, 2.45) is 11.7 Å². The minimum absolute atomic E-state index is 0.0442. The fourth-order valence-electron chi connectivity index (χ4n) is 2.07. The lowest BCUT2D eigenvalue weighted by Crippen LogP contribution is -2.29. The summed E-state index contributed by atoms with van der Waals surface area (Å²) in [6, 6.07) is 0. The van der Waals surface area contributed by atoms with Crippen molar-refractivity contribution in [3.05, 3.63) is 41.5 Å². The first-order chi connectivity index (χ1) is 12.4. The van der Waals surface area contributed by atoms with Gasteiger partial charge < -0.3 is 10.5 Å². The van der Waals surface area contributed by atoms with Gasteiger partial charge in [-0.25, -0.2) is 9.66 Å². The Morgan fingerprint density at radius 1 is 1.35 bits per heavy atom. The fraction of sp³-hybridized carbons (Fsp3) is 0.526. The molecule has 1 heterocycles. The van der Waals surface area contributed by atoms with Crippen LogP contribution in [-0.4, -0.2) is 35.2 Å². The molecule has 0 aliphatic carbocycles. The number of nitrogens with two attached hydrogens (primary N) is 1. The Hall–Kier alpha value is -2.41. The Kier molecular flexibility index (Phi) is 12.6. The van der Waals surface area contributed by atoms with Crippen LogP contribution >= 0.6 is 0 Å². The molecule has 1 unspecified atom stereocenters. The molecule has 0 aromatic carbocycles. The number of amides is 2. The normalized spacial score (nSPS) is 12.0. The molecule has 26 heavy (non-hydrogen) atoms. The SMILES string of the molecule is CCCc1nc(C)c(C)n1NC(=O)C(C)/C=C\C=C/COCC.NC=O. The number of aryl methyl sites for hydroxylation is 2. The molecule has 0 saturated heterocycles. The lowest BCUT2D eigenvalue weighted by molar-refractivity contribution is -0.119. The number of imidazole rings is 1. The van der Waals surface area contributed by atoms with E-state index in [-0.39, 0.29) is 18.2 Å². The predicted molar refractivity (Wildman–Crippen MR) is 104 cm³/mol. The molecule has 7 nitrogen and oxygen atoms in total. The Labute approximate surface area is 156 Å². The number of carbonyl (C=O) groups is 2. The van der Waals surface area contributed by atoms with Crippen LogP contribution in [0, 0.1) is 19.8 Å². The van der Waals surface area contributed by atoms with Gasteiger partial charge >= 0.3 is 0 Å². The third-order valence-corrected chi connectivity index (χ3v) is 3.59. The molecule has 0 radical (unpaired) electrons. The van der Waals surface area contributed by atoms with Crippen LogP contribution in [0.1, 0.15) is 44.4 Å². The Bertz CT molecular complexity index is 606. The molecule has 1 aromatic rings.